The zero-order valence-corrected chi connectivity index (χ0v) is 54.3. The molecule has 0 saturated heterocycles. The summed E-state index contributed by atoms with van der Waals surface area (Å²) in [5, 5.41) is 1.31. The smallest absolute Gasteiger partial charge is 0.264 e. The fourth-order valence-corrected chi connectivity index (χ4v) is 17.7. The largest absolute Gasteiger partial charge is 0.311 e. The van der Waals surface area contributed by atoms with Gasteiger partial charge in [0, 0.05) is 77.4 Å². The molecule has 2 aliphatic carbocycles. The van der Waals surface area contributed by atoms with Gasteiger partial charge in [0.05, 0.1) is 5.69 Å². The third kappa shape index (κ3) is 8.02. The molecule has 6 aliphatic rings. The van der Waals surface area contributed by atoms with E-state index in [-0.39, 0.29) is 45.9 Å². The summed E-state index contributed by atoms with van der Waals surface area (Å²) in [6, 6.07) is 71.9. The van der Waals surface area contributed by atoms with E-state index >= 15 is 0 Å². The van der Waals surface area contributed by atoms with Gasteiger partial charge < -0.3 is 19.6 Å². The van der Waals surface area contributed by atoms with E-state index in [1.54, 1.807) is 0 Å². The lowest BCUT2D eigenvalue weighted by Gasteiger charge is -2.48. The lowest BCUT2D eigenvalue weighted by molar-refractivity contribution is 0.332. The zero-order valence-electron chi connectivity index (χ0n) is 53.5. The highest BCUT2D eigenvalue weighted by molar-refractivity contribution is 7.33. The predicted octanol–water partition coefficient (Wildman–Crippen LogP) is 18.4. The molecule has 5 heterocycles. The van der Waals surface area contributed by atoms with Crippen molar-refractivity contribution < 1.29 is 0 Å². The van der Waals surface area contributed by atoms with Crippen molar-refractivity contribution in [3.05, 3.63) is 215 Å². The summed E-state index contributed by atoms with van der Waals surface area (Å²) in [6.07, 6.45) is 4.69. The van der Waals surface area contributed by atoms with Crippen LogP contribution in [0.3, 0.4) is 0 Å². The maximum atomic E-state index is 2.71. The van der Waals surface area contributed by atoms with E-state index < -0.39 is 0 Å². The molecule has 7 heteroatoms. The molecule has 16 rings (SSSR count). The van der Waals surface area contributed by atoms with Crippen LogP contribution in [0, 0.1) is 0 Å². The van der Waals surface area contributed by atoms with Gasteiger partial charge in [0.2, 0.25) is 0 Å². The van der Waals surface area contributed by atoms with Gasteiger partial charge in [0.25, 0.3) is 13.4 Å². The van der Waals surface area contributed by atoms with Crippen molar-refractivity contribution in [1.29, 1.82) is 0 Å². The highest BCUT2D eigenvalue weighted by Gasteiger charge is 2.51. The van der Waals surface area contributed by atoms with Crippen LogP contribution in [0.15, 0.2) is 182 Å². The molecular weight excluding hydrogens is 1070 g/mol. The first-order valence-corrected chi connectivity index (χ1v) is 33.0. The minimum Gasteiger partial charge on any atom is -0.311 e. The van der Waals surface area contributed by atoms with E-state index in [1.165, 1.54) is 145 Å². The lowest BCUT2D eigenvalue weighted by atomic mass is 9.31. The molecule has 0 bridgehead atoms. The summed E-state index contributed by atoms with van der Waals surface area (Å²) in [5.74, 6) is 0. The maximum absolute atomic E-state index is 2.71. The Hall–Kier alpha value is -7.73. The second-order valence-electron chi connectivity index (χ2n) is 31.1. The molecule has 0 radical (unpaired) electrons. The SMILES string of the molecule is CC(C)(C)c1cc2c3c(c1)N(c1ccccc1)c1cc4c(cc1B3c1ccccc1N2c1ccc2c(c1)C(C)(C)CCC2(C)C)B1c2sc3ccccc3c2N(c2ccc3c(c2)C(C)(C)CCC3(C)C)c2cc(C(C)(C)C)cc(c21)N4c1ccccc1. The molecule has 0 fully saturated rings. The van der Waals surface area contributed by atoms with Gasteiger partial charge in [-0.1, -0.05) is 188 Å². The van der Waals surface area contributed by atoms with Crippen LogP contribution in [0.5, 0.6) is 0 Å². The molecule has 10 aromatic rings. The fourth-order valence-electron chi connectivity index (χ4n) is 16.4. The number of para-hydroxylation sites is 3. The van der Waals surface area contributed by atoms with Crippen molar-refractivity contribution >= 4 is 135 Å². The molecule has 4 nitrogen and oxygen atoms in total. The Morgan fingerprint density at radius 1 is 0.345 bits per heavy atom. The molecule has 0 saturated carbocycles. The van der Waals surface area contributed by atoms with Crippen molar-refractivity contribution in [2.24, 2.45) is 0 Å². The minimum atomic E-state index is -0.158. The van der Waals surface area contributed by atoms with Crippen molar-refractivity contribution in [3.63, 3.8) is 0 Å². The van der Waals surface area contributed by atoms with Gasteiger partial charge in [-0.3, -0.25) is 0 Å². The summed E-state index contributed by atoms with van der Waals surface area (Å²) in [5.41, 5.74) is 30.1. The molecule has 432 valence electrons. The Morgan fingerprint density at radius 3 is 1.28 bits per heavy atom. The van der Waals surface area contributed by atoms with Gasteiger partial charge in [0.15, 0.2) is 0 Å². The molecule has 0 N–H and O–H groups in total. The monoisotopic (exact) mass is 1150 g/mol. The Labute approximate surface area is 522 Å². The Morgan fingerprint density at radius 2 is 0.759 bits per heavy atom. The van der Waals surface area contributed by atoms with Crippen molar-refractivity contribution in [1.82, 2.24) is 0 Å². The second kappa shape index (κ2) is 18.4. The number of fused-ring (bicyclic) bond motifs is 12. The standard InChI is InChI=1S/C80H80B2N4S/c1-75(2,3)49-41-66-71-67(42-49)85(53-33-35-56-58(45-53)79(11,12)39-37-77(56,7)8)63-31-23-22-30-60(63)81(71)61-47-62-65(48-64(61)83(66)51-25-17-15-18-26-51)84(52-27-19-16-20-28-52)68-43-50(76(4,5)6)44-69-72(68)82(62)74-73(55-29-21-24-32-70(55)87-74)86(69)54-34-36-57-59(46-54)80(13,14)40-38-78(57,9)10/h15-36,41-48H,37-40H2,1-14H3. The van der Waals surface area contributed by atoms with Crippen molar-refractivity contribution in [3.8, 4) is 0 Å². The number of rotatable bonds is 4. The first-order valence-electron chi connectivity index (χ1n) is 32.2. The highest BCUT2D eigenvalue weighted by Crippen LogP contribution is 2.55. The topological polar surface area (TPSA) is 13.0 Å². The van der Waals surface area contributed by atoms with Crippen LogP contribution in [0.4, 0.5) is 68.2 Å². The van der Waals surface area contributed by atoms with Gasteiger partial charge in [-0.25, -0.2) is 0 Å². The van der Waals surface area contributed by atoms with E-state index in [9.17, 15) is 0 Å². The number of anilines is 12. The first-order chi connectivity index (χ1) is 41.4. The van der Waals surface area contributed by atoms with Crippen LogP contribution in [0.2, 0.25) is 0 Å². The molecule has 0 amide bonds. The van der Waals surface area contributed by atoms with Crippen LogP contribution < -0.4 is 51.7 Å². The first kappa shape index (κ1) is 54.6. The van der Waals surface area contributed by atoms with Gasteiger partial charge in [-0.15, -0.1) is 11.3 Å². The van der Waals surface area contributed by atoms with Gasteiger partial charge >= 0.3 is 0 Å². The minimum absolute atomic E-state index is 0.0391. The lowest BCUT2D eigenvalue weighted by Crippen LogP contribution is -2.65. The fraction of sp³-hybridized carbons (Fsp3) is 0.300. The molecular formula is C80H80B2N4S. The van der Waals surface area contributed by atoms with E-state index in [0.29, 0.717) is 0 Å². The predicted molar refractivity (Wildman–Crippen MR) is 378 cm³/mol. The van der Waals surface area contributed by atoms with Gasteiger partial charge in [0.1, 0.15) is 0 Å². The Kier molecular flexibility index (Phi) is 11.6. The Bertz CT molecular complexity index is 4530. The summed E-state index contributed by atoms with van der Waals surface area (Å²) < 4.78 is 2.72. The van der Waals surface area contributed by atoms with Crippen LogP contribution >= 0.6 is 11.3 Å². The molecule has 87 heavy (non-hydrogen) atoms. The normalized spacial score (nSPS) is 17.8. The summed E-state index contributed by atoms with van der Waals surface area (Å²) in [4.78, 5) is 10.7. The highest BCUT2D eigenvalue weighted by atomic mass is 32.1. The van der Waals surface area contributed by atoms with Crippen molar-refractivity contribution in [2.45, 2.75) is 155 Å². The number of nitrogens with zero attached hydrogens (tertiary/aromatic N) is 4. The van der Waals surface area contributed by atoms with Gasteiger partial charge in [-0.05, 0) is 210 Å². The molecule has 9 aromatic carbocycles. The summed E-state index contributed by atoms with van der Waals surface area (Å²) in [6.45, 7) is 33.9. The van der Waals surface area contributed by atoms with Crippen molar-refractivity contribution in [2.75, 3.05) is 19.6 Å². The average molecular weight is 1150 g/mol. The molecule has 0 spiro atoms. The second-order valence-corrected chi connectivity index (χ2v) is 32.2. The van der Waals surface area contributed by atoms with E-state index in [0.717, 1.165) is 24.2 Å². The molecule has 0 unspecified atom stereocenters. The van der Waals surface area contributed by atoms with Gasteiger partial charge in [-0.2, -0.15) is 0 Å². The van der Waals surface area contributed by atoms with Crippen LogP contribution in [0.1, 0.15) is 156 Å². The third-order valence-electron chi connectivity index (χ3n) is 21.6. The number of benzene rings is 9. The number of hydrogen-bond acceptors (Lipinski definition) is 5. The van der Waals surface area contributed by atoms with E-state index in [2.05, 4.69) is 299 Å². The van der Waals surface area contributed by atoms with Crippen LogP contribution in [-0.2, 0) is 32.5 Å². The quantitative estimate of drug-likeness (QED) is 0.163. The maximum Gasteiger partial charge on any atom is 0.264 e. The summed E-state index contributed by atoms with van der Waals surface area (Å²) >= 11 is 2.00. The molecule has 1 aromatic heterocycles. The van der Waals surface area contributed by atoms with E-state index in [1.807, 2.05) is 11.3 Å². The molecule has 4 aliphatic heterocycles. The summed E-state index contributed by atoms with van der Waals surface area (Å²) in [7, 11) is 0. The van der Waals surface area contributed by atoms with E-state index in [4.69, 9.17) is 0 Å². The number of hydrogen-bond donors (Lipinski definition) is 0. The zero-order chi connectivity index (χ0) is 60.2. The Balaban J connectivity index is 1.01. The van der Waals surface area contributed by atoms with Crippen LogP contribution in [-0.4, -0.2) is 13.4 Å². The van der Waals surface area contributed by atoms with Crippen LogP contribution in [0.25, 0.3) is 10.1 Å². The third-order valence-corrected chi connectivity index (χ3v) is 22.8. The molecule has 0 atom stereocenters. The average Bonchev–Trinajstić information content (AvgIpc) is 1.59. The number of thiophene rings is 1.